The summed E-state index contributed by atoms with van der Waals surface area (Å²) in [6.07, 6.45) is 2.05. The molecule has 0 fully saturated rings. The topological polar surface area (TPSA) is 61.4 Å². The van der Waals surface area contributed by atoms with Crippen LogP contribution in [0.25, 0.3) is 0 Å². The van der Waals surface area contributed by atoms with E-state index < -0.39 is 0 Å². The Balaban J connectivity index is 1.79. The molecule has 0 aromatic heterocycles. The molecule has 2 rings (SSSR count). The van der Waals surface area contributed by atoms with Gasteiger partial charge in [-0.1, -0.05) is 19.9 Å². The number of hydrogen-bond acceptors (Lipinski definition) is 3. The molecule has 19 heavy (non-hydrogen) atoms. The van der Waals surface area contributed by atoms with Crippen LogP contribution in [0.3, 0.4) is 0 Å². The molecule has 1 aromatic rings. The number of rotatable bonds is 5. The van der Waals surface area contributed by atoms with Crippen LogP contribution in [0.2, 0.25) is 0 Å². The van der Waals surface area contributed by atoms with E-state index in [9.17, 15) is 9.90 Å². The molecule has 4 nitrogen and oxygen atoms in total. The lowest BCUT2D eigenvalue weighted by Crippen LogP contribution is -2.35. The quantitative estimate of drug-likeness (QED) is 0.708. The third-order valence-electron chi connectivity index (χ3n) is 3.54. The van der Waals surface area contributed by atoms with Crippen LogP contribution in [0.1, 0.15) is 37.4 Å². The molecule has 0 radical (unpaired) electrons. The maximum absolute atomic E-state index is 11.4. The summed E-state index contributed by atoms with van der Waals surface area (Å²) in [6.45, 7) is 5.20. The Morgan fingerprint density at radius 1 is 1.42 bits per heavy atom. The summed E-state index contributed by atoms with van der Waals surface area (Å²) < 4.78 is 0. The molecule has 0 saturated heterocycles. The van der Waals surface area contributed by atoms with Crippen LogP contribution in [-0.2, 0) is 11.2 Å². The fourth-order valence-corrected chi connectivity index (χ4v) is 2.45. The average Bonchev–Trinajstić information content (AvgIpc) is 2.76. The van der Waals surface area contributed by atoms with Gasteiger partial charge >= 0.3 is 0 Å². The number of amides is 1. The SMILES string of the molecule is CC(C)C(=O)NCCNC1CCc2cc(O)ccc21. The highest BCUT2D eigenvalue weighted by Crippen LogP contribution is 2.32. The van der Waals surface area contributed by atoms with Gasteiger partial charge in [-0.25, -0.2) is 0 Å². The largest absolute Gasteiger partial charge is 0.508 e. The molecule has 1 amide bonds. The van der Waals surface area contributed by atoms with Gasteiger partial charge in [-0.2, -0.15) is 0 Å². The second kappa shape index (κ2) is 6.06. The van der Waals surface area contributed by atoms with Crippen molar-refractivity contribution < 1.29 is 9.90 Å². The summed E-state index contributed by atoms with van der Waals surface area (Å²) in [5, 5.41) is 15.8. The molecular formula is C15H22N2O2. The zero-order chi connectivity index (χ0) is 13.8. The van der Waals surface area contributed by atoms with Gasteiger partial charge in [0.05, 0.1) is 0 Å². The first-order chi connectivity index (χ1) is 9.08. The molecule has 1 aliphatic rings. The smallest absolute Gasteiger partial charge is 0.222 e. The van der Waals surface area contributed by atoms with Crippen LogP contribution in [-0.4, -0.2) is 24.1 Å². The molecular weight excluding hydrogens is 240 g/mol. The molecule has 104 valence electrons. The van der Waals surface area contributed by atoms with E-state index in [0.29, 0.717) is 18.3 Å². The van der Waals surface area contributed by atoms with Gasteiger partial charge < -0.3 is 15.7 Å². The summed E-state index contributed by atoms with van der Waals surface area (Å²) in [7, 11) is 0. The fourth-order valence-electron chi connectivity index (χ4n) is 2.45. The van der Waals surface area contributed by atoms with E-state index in [0.717, 1.165) is 19.4 Å². The third kappa shape index (κ3) is 3.47. The Bertz CT molecular complexity index is 457. The zero-order valence-corrected chi connectivity index (χ0v) is 11.6. The molecule has 1 aromatic carbocycles. The lowest BCUT2D eigenvalue weighted by molar-refractivity contribution is -0.123. The lowest BCUT2D eigenvalue weighted by Gasteiger charge is -2.15. The van der Waals surface area contributed by atoms with Gasteiger partial charge in [-0.3, -0.25) is 4.79 Å². The number of carbonyl (C=O) groups is 1. The van der Waals surface area contributed by atoms with E-state index >= 15 is 0 Å². The molecule has 1 atom stereocenters. The van der Waals surface area contributed by atoms with Gasteiger partial charge in [0.2, 0.25) is 5.91 Å². The molecule has 3 N–H and O–H groups in total. The van der Waals surface area contributed by atoms with Crippen LogP contribution < -0.4 is 10.6 Å². The number of nitrogens with one attached hydrogen (secondary N) is 2. The second-order valence-corrected chi connectivity index (χ2v) is 5.37. The molecule has 0 aliphatic heterocycles. The maximum atomic E-state index is 11.4. The highest BCUT2D eigenvalue weighted by atomic mass is 16.3. The highest BCUT2D eigenvalue weighted by molar-refractivity contribution is 5.77. The maximum Gasteiger partial charge on any atom is 0.222 e. The van der Waals surface area contributed by atoms with Crippen LogP contribution in [0, 0.1) is 5.92 Å². The number of phenolic OH excluding ortho intramolecular Hbond substituents is 1. The number of aromatic hydroxyl groups is 1. The van der Waals surface area contributed by atoms with Crippen molar-refractivity contribution in [2.75, 3.05) is 13.1 Å². The summed E-state index contributed by atoms with van der Waals surface area (Å²) >= 11 is 0. The predicted octanol–water partition coefficient (Wildman–Crippen LogP) is 1.74. The third-order valence-corrected chi connectivity index (χ3v) is 3.54. The molecule has 1 unspecified atom stereocenters. The molecule has 4 heteroatoms. The van der Waals surface area contributed by atoms with E-state index in [2.05, 4.69) is 10.6 Å². The monoisotopic (exact) mass is 262 g/mol. The summed E-state index contributed by atoms with van der Waals surface area (Å²) in [5.74, 6) is 0.470. The van der Waals surface area contributed by atoms with E-state index in [4.69, 9.17) is 0 Å². The van der Waals surface area contributed by atoms with Crippen molar-refractivity contribution in [3.05, 3.63) is 29.3 Å². The van der Waals surface area contributed by atoms with Crippen molar-refractivity contribution >= 4 is 5.91 Å². The Morgan fingerprint density at radius 3 is 2.95 bits per heavy atom. The minimum Gasteiger partial charge on any atom is -0.508 e. The van der Waals surface area contributed by atoms with Gasteiger partial charge in [-0.05, 0) is 36.1 Å². The van der Waals surface area contributed by atoms with Gasteiger partial charge in [0.1, 0.15) is 5.75 Å². The molecule has 0 saturated carbocycles. The van der Waals surface area contributed by atoms with Gasteiger partial charge in [0.15, 0.2) is 0 Å². The first-order valence-electron chi connectivity index (χ1n) is 6.91. The van der Waals surface area contributed by atoms with Gasteiger partial charge in [-0.15, -0.1) is 0 Å². The van der Waals surface area contributed by atoms with Crippen molar-refractivity contribution in [2.24, 2.45) is 5.92 Å². The fraction of sp³-hybridized carbons (Fsp3) is 0.533. The van der Waals surface area contributed by atoms with Crippen molar-refractivity contribution in [2.45, 2.75) is 32.7 Å². The lowest BCUT2D eigenvalue weighted by atomic mass is 10.1. The first-order valence-corrected chi connectivity index (χ1v) is 6.91. The van der Waals surface area contributed by atoms with Gasteiger partial charge in [0, 0.05) is 25.0 Å². The van der Waals surface area contributed by atoms with Crippen LogP contribution >= 0.6 is 0 Å². The summed E-state index contributed by atoms with van der Waals surface area (Å²) in [4.78, 5) is 11.4. The standard InChI is InChI=1S/C15H22N2O2/c1-10(2)15(19)17-8-7-16-14-6-3-11-9-12(18)4-5-13(11)14/h4-5,9-10,14,16,18H,3,6-8H2,1-2H3,(H,17,19). The first kappa shape index (κ1) is 13.9. The van der Waals surface area contributed by atoms with E-state index in [1.807, 2.05) is 26.0 Å². The number of phenols is 1. The Morgan fingerprint density at radius 2 is 2.21 bits per heavy atom. The second-order valence-electron chi connectivity index (χ2n) is 5.37. The van der Waals surface area contributed by atoms with Crippen molar-refractivity contribution in [1.29, 1.82) is 0 Å². The van der Waals surface area contributed by atoms with Crippen molar-refractivity contribution in [3.63, 3.8) is 0 Å². The highest BCUT2D eigenvalue weighted by Gasteiger charge is 2.21. The average molecular weight is 262 g/mol. The number of fused-ring (bicyclic) bond motifs is 1. The zero-order valence-electron chi connectivity index (χ0n) is 11.6. The number of aryl methyl sites for hydroxylation is 1. The Hall–Kier alpha value is -1.55. The van der Waals surface area contributed by atoms with Crippen molar-refractivity contribution in [1.82, 2.24) is 10.6 Å². The molecule has 1 aliphatic carbocycles. The number of benzene rings is 1. The Kier molecular flexibility index (Phi) is 4.43. The molecule has 0 heterocycles. The Labute approximate surface area is 114 Å². The molecule has 0 bridgehead atoms. The number of hydrogen-bond donors (Lipinski definition) is 3. The minimum absolute atomic E-state index is 0.0372. The van der Waals surface area contributed by atoms with Crippen LogP contribution in [0.15, 0.2) is 18.2 Å². The van der Waals surface area contributed by atoms with E-state index in [-0.39, 0.29) is 11.8 Å². The number of carbonyl (C=O) groups excluding carboxylic acids is 1. The van der Waals surface area contributed by atoms with Crippen LogP contribution in [0.5, 0.6) is 5.75 Å². The minimum atomic E-state index is 0.0372. The van der Waals surface area contributed by atoms with E-state index in [1.165, 1.54) is 11.1 Å². The summed E-state index contributed by atoms with van der Waals surface area (Å²) in [5.41, 5.74) is 2.50. The molecule has 0 spiro atoms. The van der Waals surface area contributed by atoms with E-state index in [1.54, 1.807) is 6.07 Å². The van der Waals surface area contributed by atoms with Crippen molar-refractivity contribution in [3.8, 4) is 5.75 Å². The summed E-state index contributed by atoms with van der Waals surface area (Å²) in [6, 6.07) is 5.91. The normalized spacial score (nSPS) is 17.5. The predicted molar refractivity (Wildman–Crippen MR) is 75.0 cm³/mol. The van der Waals surface area contributed by atoms with Crippen LogP contribution in [0.4, 0.5) is 0 Å². The van der Waals surface area contributed by atoms with Gasteiger partial charge in [0.25, 0.3) is 0 Å².